The highest BCUT2D eigenvalue weighted by Gasteiger charge is 2.49. The van der Waals surface area contributed by atoms with Crippen molar-refractivity contribution in [2.75, 3.05) is 0 Å². The Kier molecular flexibility index (Phi) is 1.22. The molecule has 2 atom stereocenters. The molecule has 1 fully saturated rings. The number of hydrogen-bond acceptors (Lipinski definition) is 3. The second kappa shape index (κ2) is 2.12. The smallest absolute Gasteiger partial charge is 0.243 e. The molecule has 0 aromatic heterocycles. The molecule has 68 valence electrons. The van der Waals surface area contributed by atoms with Crippen LogP contribution in [0.1, 0.15) is 11.7 Å². The number of epoxide rings is 1. The number of benzene rings is 1. The highest BCUT2D eigenvalue weighted by Crippen LogP contribution is 2.44. The highest BCUT2D eigenvalue weighted by atomic mass is 32.2. The number of ether oxygens (including phenoxy) is 1. The molecule has 2 aliphatic heterocycles. The van der Waals surface area contributed by atoms with Gasteiger partial charge >= 0.3 is 0 Å². The van der Waals surface area contributed by atoms with Crippen LogP contribution in [0.3, 0.4) is 0 Å². The summed E-state index contributed by atoms with van der Waals surface area (Å²) in [6.07, 6.45) is -0.403. The van der Waals surface area contributed by atoms with E-state index in [2.05, 4.69) is 4.72 Å². The summed E-state index contributed by atoms with van der Waals surface area (Å²) in [6.45, 7) is 0. The summed E-state index contributed by atoms with van der Waals surface area (Å²) in [5.41, 5.74) is 0.770. The summed E-state index contributed by atoms with van der Waals surface area (Å²) in [5, 5.41) is 0. The van der Waals surface area contributed by atoms with Crippen LogP contribution in [0.4, 0.5) is 0 Å². The lowest BCUT2D eigenvalue weighted by atomic mass is 10.1. The average Bonchev–Trinajstić information content (AvgIpc) is 2.83. The molecule has 0 saturated carbocycles. The third kappa shape index (κ3) is 0.948. The van der Waals surface area contributed by atoms with Gasteiger partial charge in [-0.25, -0.2) is 8.42 Å². The average molecular weight is 197 g/mol. The maximum Gasteiger partial charge on any atom is 0.243 e. The number of rotatable bonds is 0. The van der Waals surface area contributed by atoms with Gasteiger partial charge in [0.05, 0.1) is 4.90 Å². The fourth-order valence-electron chi connectivity index (χ4n) is 1.62. The molecule has 1 saturated heterocycles. The van der Waals surface area contributed by atoms with Gasteiger partial charge in [0.15, 0.2) is 6.23 Å². The normalized spacial score (nSPS) is 33.2. The predicted molar refractivity (Wildman–Crippen MR) is 44.4 cm³/mol. The van der Waals surface area contributed by atoms with Gasteiger partial charge in [0.1, 0.15) is 6.10 Å². The van der Waals surface area contributed by atoms with Gasteiger partial charge in [0.25, 0.3) is 0 Å². The third-order valence-corrected chi connectivity index (χ3v) is 3.77. The van der Waals surface area contributed by atoms with Crippen molar-refractivity contribution < 1.29 is 13.2 Å². The molecule has 0 bridgehead atoms. The molecule has 0 amide bonds. The monoisotopic (exact) mass is 197 g/mol. The summed E-state index contributed by atoms with van der Waals surface area (Å²) >= 11 is 0. The summed E-state index contributed by atoms with van der Waals surface area (Å²) in [7, 11) is -3.32. The minimum atomic E-state index is -3.32. The van der Waals surface area contributed by atoms with Crippen LogP contribution in [0.5, 0.6) is 0 Å². The highest BCUT2D eigenvalue weighted by molar-refractivity contribution is 7.89. The van der Waals surface area contributed by atoms with Gasteiger partial charge in [0.2, 0.25) is 10.0 Å². The molecule has 1 N–H and O–H groups in total. The Hall–Kier alpha value is -0.910. The molecule has 2 heterocycles. The molecule has 1 aromatic rings. The Morgan fingerprint density at radius 1 is 1.31 bits per heavy atom. The second-order valence-electron chi connectivity index (χ2n) is 3.14. The molecule has 0 spiro atoms. The van der Waals surface area contributed by atoms with Crippen LogP contribution in [-0.4, -0.2) is 14.6 Å². The molecule has 0 aliphatic carbocycles. The number of nitrogens with one attached hydrogen (secondary N) is 1. The zero-order valence-corrected chi connectivity index (χ0v) is 7.41. The molecule has 1 unspecified atom stereocenters. The predicted octanol–water partition coefficient (Wildman–Crippen LogP) is 0.376. The van der Waals surface area contributed by atoms with Gasteiger partial charge in [0, 0.05) is 5.56 Å². The zero-order valence-electron chi connectivity index (χ0n) is 6.60. The maximum atomic E-state index is 11.5. The largest absolute Gasteiger partial charge is 0.347 e. The molecule has 4 nitrogen and oxygen atoms in total. The van der Waals surface area contributed by atoms with Crippen LogP contribution in [0.25, 0.3) is 0 Å². The first-order chi connectivity index (χ1) is 6.18. The van der Waals surface area contributed by atoms with Crippen LogP contribution >= 0.6 is 0 Å². The Bertz CT molecular complexity index is 468. The second-order valence-corrected chi connectivity index (χ2v) is 4.82. The van der Waals surface area contributed by atoms with Gasteiger partial charge in [-0.1, -0.05) is 18.2 Å². The molecule has 3 rings (SSSR count). The van der Waals surface area contributed by atoms with E-state index >= 15 is 0 Å². The minimum absolute atomic E-state index is 0.0697. The van der Waals surface area contributed by atoms with Crippen molar-refractivity contribution >= 4 is 10.0 Å². The Balaban J connectivity index is 2.31. The van der Waals surface area contributed by atoms with E-state index in [1.54, 1.807) is 18.2 Å². The summed E-state index contributed by atoms with van der Waals surface area (Å²) < 4.78 is 30.6. The first kappa shape index (κ1) is 7.49. The Labute approximate surface area is 75.6 Å². The van der Waals surface area contributed by atoms with E-state index in [1.807, 2.05) is 6.07 Å². The van der Waals surface area contributed by atoms with Gasteiger partial charge in [-0.05, 0) is 6.07 Å². The lowest BCUT2D eigenvalue weighted by Crippen LogP contribution is -2.31. The fraction of sp³-hybridized carbons (Fsp3) is 0.250. The van der Waals surface area contributed by atoms with Crippen LogP contribution in [0, 0.1) is 0 Å². The number of hydrogen-bond donors (Lipinski definition) is 1. The van der Waals surface area contributed by atoms with Gasteiger partial charge in [-0.2, -0.15) is 4.72 Å². The van der Waals surface area contributed by atoms with Crippen molar-refractivity contribution in [3.05, 3.63) is 29.8 Å². The molecule has 2 aliphatic rings. The van der Waals surface area contributed by atoms with Crippen molar-refractivity contribution in [2.45, 2.75) is 17.2 Å². The first-order valence-electron chi connectivity index (χ1n) is 3.95. The van der Waals surface area contributed by atoms with Crippen LogP contribution in [0.15, 0.2) is 29.2 Å². The SMILES string of the molecule is O=S1(=O)N[C@@H]2OC2c2ccccc21. The Morgan fingerprint density at radius 3 is 2.92 bits per heavy atom. The van der Waals surface area contributed by atoms with E-state index in [4.69, 9.17) is 4.74 Å². The van der Waals surface area contributed by atoms with Crippen LogP contribution < -0.4 is 4.72 Å². The lowest BCUT2D eigenvalue weighted by molar-refractivity contribution is 0.369. The Morgan fingerprint density at radius 2 is 2.08 bits per heavy atom. The standard InChI is InChI=1S/C8H7NO3S/c10-13(11)6-4-2-1-3-5(6)7-8(9-13)12-7/h1-4,7-9H/t7?,8-/m1/s1. The minimum Gasteiger partial charge on any atom is -0.347 e. The van der Waals surface area contributed by atoms with Crippen molar-refractivity contribution in [1.29, 1.82) is 0 Å². The van der Waals surface area contributed by atoms with Crippen molar-refractivity contribution in [1.82, 2.24) is 4.72 Å². The zero-order chi connectivity index (χ0) is 9.05. The number of fused-ring (bicyclic) bond motifs is 3. The summed E-state index contributed by atoms with van der Waals surface area (Å²) in [6, 6.07) is 6.91. The van der Waals surface area contributed by atoms with Gasteiger partial charge < -0.3 is 4.74 Å². The van der Waals surface area contributed by atoms with Crippen LogP contribution in [-0.2, 0) is 14.8 Å². The molecule has 1 aromatic carbocycles. The lowest BCUT2D eigenvalue weighted by Gasteiger charge is -2.12. The van der Waals surface area contributed by atoms with E-state index in [0.29, 0.717) is 4.90 Å². The maximum absolute atomic E-state index is 11.5. The van der Waals surface area contributed by atoms with Crippen LogP contribution in [0.2, 0.25) is 0 Å². The van der Waals surface area contributed by atoms with E-state index in [-0.39, 0.29) is 12.3 Å². The third-order valence-electron chi connectivity index (χ3n) is 2.28. The van der Waals surface area contributed by atoms with Crippen molar-refractivity contribution in [3.8, 4) is 0 Å². The molecule has 13 heavy (non-hydrogen) atoms. The number of sulfonamides is 1. The van der Waals surface area contributed by atoms with Crippen molar-refractivity contribution in [3.63, 3.8) is 0 Å². The van der Waals surface area contributed by atoms with E-state index in [1.165, 1.54) is 0 Å². The quantitative estimate of drug-likeness (QED) is 0.611. The van der Waals surface area contributed by atoms with Gasteiger partial charge in [-0.15, -0.1) is 0 Å². The summed E-state index contributed by atoms with van der Waals surface area (Å²) in [4.78, 5) is 0.341. The van der Waals surface area contributed by atoms with E-state index in [9.17, 15) is 8.42 Å². The van der Waals surface area contributed by atoms with E-state index in [0.717, 1.165) is 5.56 Å². The van der Waals surface area contributed by atoms with Gasteiger partial charge in [-0.3, -0.25) is 0 Å². The topological polar surface area (TPSA) is 58.7 Å². The molecular weight excluding hydrogens is 190 g/mol. The van der Waals surface area contributed by atoms with Crippen molar-refractivity contribution in [2.24, 2.45) is 0 Å². The fourth-order valence-corrected chi connectivity index (χ4v) is 2.98. The molecular formula is C8H7NO3S. The first-order valence-corrected chi connectivity index (χ1v) is 5.43. The molecule has 5 heteroatoms. The summed E-state index contributed by atoms with van der Waals surface area (Å²) in [5.74, 6) is 0. The molecule has 0 radical (unpaired) electrons. The van der Waals surface area contributed by atoms with E-state index < -0.39 is 10.0 Å².